The number of hydrogen-bond acceptors (Lipinski definition) is 7. The Morgan fingerprint density at radius 1 is 0.880 bits per heavy atom. The molecular weight excluding hydrogens is 674 g/mol. The second-order valence-corrected chi connectivity index (χ2v) is 11.6. The molecule has 0 aliphatic heterocycles. The molecule has 16 heteroatoms. The maximum absolute atomic E-state index is 14.5. The molecule has 0 saturated carbocycles. The van der Waals surface area contributed by atoms with Gasteiger partial charge in [-0.1, -0.05) is 60.7 Å². The fraction of sp³-hybridized carbons (Fsp3) is 0.294. The summed E-state index contributed by atoms with van der Waals surface area (Å²) in [5.74, 6) is -4.67. The molecule has 3 N–H and O–H groups in total. The number of carbonyl (C=O) groups is 3. The zero-order chi connectivity index (χ0) is 37.3. The predicted molar refractivity (Wildman–Crippen MR) is 170 cm³/mol. The molecule has 268 valence electrons. The maximum Gasteiger partial charge on any atom is 0.427 e. The summed E-state index contributed by atoms with van der Waals surface area (Å²) in [6, 6.07) is 13.9. The lowest BCUT2D eigenvalue weighted by atomic mass is 9.97. The molecule has 1 unspecified atom stereocenters. The quantitative estimate of drug-likeness (QED) is 0.0995. The first-order chi connectivity index (χ1) is 23.3. The van der Waals surface area contributed by atoms with E-state index in [2.05, 4.69) is 18.1 Å². The Hall–Kier alpha value is -5.38. The van der Waals surface area contributed by atoms with Gasteiger partial charge in [-0.25, -0.2) is 9.78 Å². The molecule has 10 nitrogen and oxygen atoms in total. The van der Waals surface area contributed by atoms with Gasteiger partial charge in [-0.2, -0.15) is 26.3 Å². The van der Waals surface area contributed by atoms with Crippen LogP contribution in [0.25, 0.3) is 0 Å². The number of ether oxygens (including phenoxy) is 3. The molecule has 50 heavy (non-hydrogen) atoms. The summed E-state index contributed by atoms with van der Waals surface area (Å²) in [4.78, 5) is 42.9. The van der Waals surface area contributed by atoms with Crippen LogP contribution in [0.3, 0.4) is 0 Å². The van der Waals surface area contributed by atoms with Gasteiger partial charge < -0.3 is 14.2 Å². The molecule has 0 spiro atoms. The highest BCUT2D eigenvalue weighted by Crippen LogP contribution is 2.41. The molecule has 3 rings (SSSR count). The number of pyridine rings is 1. The van der Waals surface area contributed by atoms with Gasteiger partial charge in [0.25, 0.3) is 11.8 Å². The number of nitrogens with zero attached hydrogens (tertiary/aromatic N) is 1. The number of alkyl halides is 6. The third-order valence-electron chi connectivity index (χ3n) is 6.56. The van der Waals surface area contributed by atoms with Gasteiger partial charge in [0.05, 0.1) is 12.3 Å². The lowest BCUT2D eigenvalue weighted by Gasteiger charge is -2.33. The molecule has 2 aromatic carbocycles. The lowest BCUT2D eigenvalue weighted by Crippen LogP contribution is -2.61. The van der Waals surface area contributed by atoms with E-state index < -0.39 is 77.3 Å². The number of hydrogen-bond donors (Lipinski definition) is 3. The lowest BCUT2D eigenvalue weighted by molar-refractivity contribution is -0.270. The van der Waals surface area contributed by atoms with E-state index >= 15 is 0 Å². The highest BCUT2D eigenvalue weighted by Gasteiger charge is 2.61. The maximum atomic E-state index is 14.5. The van der Waals surface area contributed by atoms with Crippen LogP contribution in [0.2, 0.25) is 0 Å². The summed E-state index contributed by atoms with van der Waals surface area (Å²) in [7, 11) is 0. The minimum absolute atomic E-state index is 0.0899. The van der Waals surface area contributed by atoms with Crippen molar-refractivity contribution in [3.63, 3.8) is 0 Å². The number of halogens is 6. The van der Waals surface area contributed by atoms with Crippen molar-refractivity contribution < 1.29 is 54.9 Å². The van der Waals surface area contributed by atoms with Crippen LogP contribution in [0.4, 0.5) is 36.8 Å². The Labute approximate surface area is 283 Å². The second kappa shape index (κ2) is 15.9. The van der Waals surface area contributed by atoms with Crippen LogP contribution < -0.4 is 20.9 Å². The van der Waals surface area contributed by atoms with E-state index in [0.717, 1.165) is 6.08 Å². The molecule has 0 fully saturated rings. The van der Waals surface area contributed by atoms with Crippen LogP contribution in [-0.2, 0) is 33.5 Å². The van der Waals surface area contributed by atoms with Crippen LogP contribution in [0.5, 0.6) is 11.6 Å². The number of benzene rings is 2. The fourth-order valence-electron chi connectivity index (χ4n) is 4.29. The van der Waals surface area contributed by atoms with Crippen molar-refractivity contribution in [1.82, 2.24) is 15.8 Å². The average molecular weight is 709 g/mol. The minimum atomic E-state index is -5.35. The summed E-state index contributed by atoms with van der Waals surface area (Å²) >= 11 is 0. The van der Waals surface area contributed by atoms with Crippen molar-refractivity contribution in [2.75, 3.05) is 5.32 Å². The number of allylic oxidation sites excluding steroid dienone is 1. The number of para-hydroxylation sites is 1. The first kappa shape index (κ1) is 39.1. The van der Waals surface area contributed by atoms with Gasteiger partial charge in [-0.15, -0.1) is 13.2 Å². The smallest absolute Gasteiger partial charge is 0.427 e. The molecule has 3 amide bonds. The Morgan fingerprint density at radius 3 is 2.10 bits per heavy atom. The summed E-state index contributed by atoms with van der Waals surface area (Å²) in [5.41, 5.74) is -4.08. The average Bonchev–Trinajstić information content (AvgIpc) is 3.01. The largest absolute Gasteiger partial charge is 0.444 e. The highest BCUT2D eigenvalue weighted by atomic mass is 19.4. The number of nitrogens with one attached hydrogen (secondary N) is 3. The van der Waals surface area contributed by atoms with Gasteiger partial charge in [-0.05, 0) is 50.5 Å². The normalized spacial score (nSPS) is 13.0. The molecule has 1 heterocycles. The van der Waals surface area contributed by atoms with Crippen molar-refractivity contribution in [2.45, 2.75) is 63.8 Å². The number of amides is 3. The summed E-state index contributed by atoms with van der Waals surface area (Å²) in [6.07, 6.45) is -10.5. The molecule has 0 radical (unpaired) electrons. The SMILES string of the molecule is C=CCc1ccccc1Oc1nc(C(=O)NNC(=O)C(CC=C)(OCc2ccccc2)C(F)(F)F)c(NC(=O)OC(C)(C)C)cc1C(F)(F)F. The highest BCUT2D eigenvalue weighted by molar-refractivity contribution is 6.02. The number of carbonyl (C=O) groups excluding carboxylic acids is 3. The Balaban J connectivity index is 2.07. The third-order valence-corrected chi connectivity index (χ3v) is 6.56. The number of aromatic nitrogens is 1. The van der Waals surface area contributed by atoms with Gasteiger partial charge >= 0.3 is 18.4 Å². The standard InChI is InChI=1S/C34H34F6N4O6/c1-6-13-22-16-11-12-17-25(22)49-28-23(33(35,36)37)19-24(41-30(47)50-31(3,4)5)26(42-28)27(45)43-44-29(46)32(18-7-2,34(38,39)40)48-20-21-14-9-8-10-15-21/h6-12,14-17,19H,1-2,13,18,20H2,3-5H3,(H,41,47)(H,43,45)(H,44,46). The molecule has 0 saturated heterocycles. The van der Waals surface area contributed by atoms with Crippen molar-refractivity contribution in [3.05, 3.63) is 108 Å². The molecule has 1 aromatic heterocycles. The van der Waals surface area contributed by atoms with E-state index in [1.165, 1.54) is 63.2 Å². The summed E-state index contributed by atoms with van der Waals surface area (Å²) < 4.78 is 102. The van der Waals surface area contributed by atoms with Gasteiger partial charge in [0.2, 0.25) is 11.5 Å². The molecule has 3 aromatic rings. The van der Waals surface area contributed by atoms with Crippen LogP contribution in [0, 0.1) is 0 Å². The van der Waals surface area contributed by atoms with E-state index in [4.69, 9.17) is 14.2 Å². The minimum Gasteiger partial charge on any atom is -0.444 e. The third kappa shape index (κ3) is 10.1. The van der Waals surface area contributed by atoms with Gasteiger partial charge in [-0.3, -0.25) is 25.8 Å². The first-order valence-electron chi connectivity index (χ1n) is 14.8. The number of anilines is 1. The second-order valence-electron chi connectivity index (χ2n) is 11.6. The fourth-order valence-corrected chi connectivity index (χ4v) is 4.29. The molecule has 0 aliphatic carbocycles. The van der Waals surface area contributed by atoms with E-state index in [9.17, 15) is 40.7 Å². The molecule has 0 aliphatic rings. The van der Waals surface area contributed by atoms with E-state index in [-0.39, 0.29) is 17.7 Å². The van der Waals surface area contributed by atoms with Gasteiger partial charge in [0.1, 0.15) is 16.9 Å². The van der Waals surface area contributed by atoms with Crippen LogP contribution in [0.15, 0.2) is 86.0 Å². The predicted octanol–water partition coefficient (Wildman–Crippen LogP) is 7.82. The van der Waals surface area contributed by atoms with Crippen molar-refractivity contribution in [2.24, 2.45) is 0 Å². The first-order valence-corrected chi connectivity index (χ1v) is 14.8. The van der Waals surface area contributed by atoms with Crippen molar-refractivity contribution in [3.8, 4) is 11.6 Å². The van der Waals surface area contributed by atoms with Crippen molar-refractivity contribution >= 4 is 23.6 Å². The summed E-state index contributed by atoms with van der Waals surface area (Å²) in [5, 5.41) is 2.00. The van der Waals surface area contributed by atoms with Crippen LogP contribution >= 0.6 is 0 Å². The topological polar surface area (TPSA) is 128 Å². The van der Waals surface area contributed by atoms with E-state index in [1.807, 2.05) is 5.32 Å². The molecular formula is C34H34F6N4O6. The van der Waals surface area contributed by atoms with Crippen LogP contribution in [-0.4, -0.2) is 40.3 Å². The van der Waals surface area contributed by atoms with Crippen LogP contribution in [0.1, 0.15) is 54.4 Å². The number of rotatable bonds is 12. The van der Waals surface area contributed by atoms with Crippen molar-refractivity contribution in [1.29, 1.82) is 0 Å². The molecule has 0 bridgehead atoms. The zero-order valence-corrected chi connectivity index (χ0v) is 27.1. The summed E-state index contributed by atoms with van der Waals surface area (Å²) in [6.45, 7) is 10.6. The van der Waals surface area contributed by atoms with E-state index in [1.54, 1.807) is 29.1 Å². The monoisotopic (exact) mass is 708 g/mol. The number of hydrazine groups is 1. The Kier molecular flexibility index (Phi) is 12.4. The Morgan fingerprint density at radius 2 is 1.52 bits per heavy atom. The van der Waals surface area contributed by atoms with Gasteiger partial charge in [0.15, 0.2) is 5.69 Å². The van der Waals surface area contributed by atoms with Gasteiger partial charge in [0, 0.05) is 6.42 Å². The molecule has 1 atom stereocenters. The Bertz CT molecular complexity index is 1710. The van der Waals surface area contributed by atoms with E-state index in [0.29, 0.717) is 11.6 Å². The zero-order valence-electron chi connectivity index (χ0n) is 27.1.